The van der Waals surface area contributed by atoms with Crippen molar-refractivity contribution in [3.63, 3.8) is 0 Å². The predicted molar refractivity (Wildman–Crippen MR) is 96.0 cm³/mol. The molecule has 1 aromatic carbocycles. The number of benzene rings is 1. The van der Waals surface area contributed by atoms with E-state index in [1.807, 2.05) is 6.92 Å². The molecule has 0 saturated heterocycles. The van der Waals surface area contributed by atoms with Gasteiger partial charge in [0.15, 0.2) is 0 Å². The molecule has 140 valence electrons. The second-order valence-corrected chi connectivity index (χ2v) is 6.52. The lowest BCUT2D eigenvalue weighted by Crippen LogP contribution is -2.43. The Hall–Kier alpha value is -3.02. The molecule has 0 atom stereocenters. The summed E-state index contributed by atoms with van der Waals surface area (Å²) in [6.45, 7) is 4.27. The molecule has 0 aliphatic heterocycles. The number of esters is 2. The standard InChI is InChI=1S/C21H20O6/c1-4-14-9-10-18(26-12(2)22)17(11-14)21(27-13(3)23)19(24)15-7-5-6-8-16(15)20(21)25/h7-11H,4-6H2,1-3H3. The van der Waals surface area contributed by atoms with Crippen LogP contribution in [-0.2, 0) is 35.9 Å². The molecule has 0 amide bonds. The highest BCUT2D eigenvalue weighted by atomic mass is 16.6. The molecule has 0 bridgehead atoms. The van der Waals surface area contributed by atoms with Gasteiger partial charge in [-0.15, -0.1) is 0 Å². The fraction of sp³-hybridized carbons (Fsp3) is 0.333. The minimum atomic E-state index is -2.16. The van der Waals surface area contributed by atoms with Crippen molar-refractivity contribution < 1.29 is 28.7 Å². The SMILES string of the molecule is CCc1ccc(OC(C)=O)c(C2(OC(C)=O)C(=O)C3=CCCC=C3C2=O)c1. The van der Waals surface area contributed by atoms with Crippen molar-refractivity contribution in [3.05, 3.63) is 52.6 Å². The Bertz CT molecular complexity index is 887. The number of ether oxygens (including phenoxy) is 2. The number of ketones is 2. The number of rotatable bonds is 4. The van der Waals surface area contributed by atoms with Gasteiger partial charge >= 0.3 is 11.9 Å². The van der Waals surface area contributed by atoms with E-state index in [-0.39, 0.29) is 22.5 Å². The summed E-state index contributed by atoms with van der Waals surface area (Å²) < 4.78 is 10.7. The fourth-order valence-corrected chi connectivity index (χ4v) is 3.51. The van der Waals surface area contributed by atoms with Crippen LogP contribution in [0.2, 0.25) is 0 Å². The molecular formula is C21H20O6. The largest absolute Gasteiger partial charge is 0.437 e. The van der Waals surface area contributed by atoms with E-state index in [4.69, 9.17) is 9.47 Å². The Morgan fingerprint density at radius 2 is 1.59 bits per heavy atom. The molecule has 27 heavy (non-hydrogen) atoms. The monoisotopic (exact) mass is 368 g/mol. The number of Topliss-reactive ketones (excluding diaryl/α,β-unsaturated/α-hetero) is 2. The van der Waals surface area contributed by atoms with Crippen LogP contribution in [0.1, 0.15) is 44.7 Å². The van der Waals surface area contributed by atoms with Gasteiger partial charge in [0.2, 0.25) is 11.6 Å². The number of allylic oxidation sites excluding steroid dienone is 2. The van der Waals surface area contributed by atoms with Crippen LogP contribution in [0.25, 0.3) is 0 Å². The van der Waals surface area contributed by atoms with Crippen molar-refractivity contribution >= 4 is 23.5 Å². The van der Waals surface area contributed by atoms with Gasteiger partial charge in [-0.25, -0.2) is 0 Å². The van der Waals surface area contributed by atoms with Crippen LogP contribution in [0.4, 0.5) is 0 Å². The van der Waals surface area contributed by atoms with E-state index < -0.39 is 29.1 Å². The highest BCUT2D eigenvalue weighted by Gasteiger charge is 2.60. The van der Waals surface area contributed by atoms with Crippen LogP contribution in [-0.4, -0.2) is 23.5 Å². The summed E-state index contributed by atoms with van der Waals surface area (Å²) in [7, 11) is 0. The average Bonchev–Trinajstić information content (AvgIpc) is 2.84. The number of hydrogen-bond acceptors (Lipinski definition) is 6. The van der Waals surface area contributed by atoms with Crippen LogP contribution in [0.15, 0.2) is 41.5 Å². The topological polar surface area (TPSA) is 86.7 Å². The molecule has 1 aromatic rings. The first-order chi connectivity index (χ1) is 12.8. The van der Waals surface area contributed by atoms with Gasteiger partial charge in [-0.3, -0.25) is 19.2 Å². The molecule has 3 rings (SSSR count). The van der Waals surface area contributed by atoms with Crippen molar-refractivity contribution in [2.24, 2.45) is 0 Å². The van der Waals surface area contributed by atoms with Crippen molar-refractivity contribution in [3.8, 4) is 5.75 Å². The van der Waals surface area contributed by atoms with Crippen molar-refractivity contribution in [2.45, 2.75) is 45.6 Å². The van der Waals surface area contributed by atoms with Crippen LogP contribution in [0.3, 0.4) is 0 Å². The summed E-state index contributed by atoms with van der Waals surface area (Å²) in [5, 5.41) is 0. The Morgan fingerprint density at radius 3 is 2.07 bits per heavy atom. The van der Waals surface area contributed by atoms with Crippen molar-refractivity contribution in [1.29, 1.82) is 0 Å². The third-order valence-corrected chi connectivity index (χ3v) is 4.66. The van der Waals surface area contributed by atoms with Crippen molar-refractivity contribution in [1.82, 2.24) is 0 Å². The molecule has 0 heterocycles. The lowest BCUT2D eigenvalue weighted by Gasteiger charge is -2.27. The quantitative estimate of drug-likeness (QED) is 0.461. The average molecular weight is 368 g/mol. The van der Waals surface area contributed by atoms with Gasteiger partial charge < -0.3 is 9.47 Å². The minimum absolute atomic E-state index is 0.0301. The zero-order chi connectivity index (χ0) is 19.8. The Labute approximate surface area is 156 Å². The highest BCUT2D eigenvalue weighted by molar-refractivity contribution is 6.35. The van der Waals surface area contributed by atoms with Gasteiger partial charge in [0.05, 0.1) is 5.56 Å². The zero-order valence-electron chi connectivity index (χ0n) is 15.5. The molecule has 1 saturated carbocycles. The normalized spacial score (nSPS) is 17.7. The summed E-state index contributed by atoms with van der Waals surface area (Å²) in [4.78, 5) is 50.0. The van der Waals surface area contributed by atoms with Crippen LogP contribution in [0.5, 0.6) is 5.75 Å². The Balaban J connectivity index is 2.31. The summed E-state index contributed by atoms with van der Waals surface area (Å²) in [6.07, 6.45) is 5.25. The molecule has 1 fully saturated rings. The molecule has 0 aromatic heterocycles. The molecule has 0 unspecified atom stereocenters. The van der Waals surface area contributed by atoms with Crippen LogP contribution < -0.4 is 4.74 Å². The first-order valence-electron chi connectivity index (χ1n) is 8.83. The van der Waals surface area contributed by atoms with Crippen LogP contribution in [0, 0.1) is 0 Å². The maximum absolute atomic E-state index is 13.3. The smallest absolute Gasteiger partial charge is 0.308 e. The number of fused-ring (bicyclic) bond motifs is 1. The molecule has 6 heteroatoms. The van der Waals surface area contributed by atoms with Gasteiger partial charge in [0.1, 0.15) is 5.75 Å². The van der Waals surface area contributed by atoms with Gasteiger partial charge in [-0.1, -0.05) is 25.1 Å². The third-order valence-electron chi connectivity index (χ3n) is 4.66. The second kappa shape index (κ2) is 6.95. The molecule has 2 aliphatic rings. The lowest BCUT2D eigenvalue weighted by atomic mass is 9.87. The van der Waals surface area contributed by atoms with E-state index in [0.717, 1.165) is 12.5 Å². The lowest BCUT2D eigenvalue weighted by molar-refractivity contribution is -0.168. The number of carbonyl (C=O) groups is 4. The summed E-state index contributed by atoms with van der Waals surface area (Å²) >= 11 is 0. The summed E-state index contributed by atoms with van der Waals surface area (Å²) in [6, 6.07) is 4.85. The predicted octanol–water partition coefficient (Wildman–Crippen LogP) is 2.73. The number of aryl methyl sites for hydroxylation is 1. The van der Waals surface area contributed by atoms with Gasteiger partial charge in [0.25, 0.3) is 5.60 Å². The van der Waals surface area contributed by atoms with Gasteiger partial charge in [-0.05, 0) is 37.0 Å². The fourth-order valence-electron chi connectivity index (χ4n) is 3.51. The molecule has 0 radical (unpaired) electrons. The van der Waals surface area contributed by atoms with E-state index in [1.165, 1.54) is 13.0 Å². The molecular weight excluding hydrogens is 348 g/mol. The highest BCUT2D eigenvalue weighted by Crippen LogP contribution is 2.47. The summed E-state index contributed by atoms with van der Waals surface area (Å²) in [5.41, 5.74) is -0.764. The van der Waals surface area contributed by atoms with E-state index in [1.54, 1.807) is 24.3 Å². The molecule has 2 aliphatic carbocycles. The Kier molecular flexibility index (Phi) is 4.83. The second-order valence-electron chi connectivity index (χ2n) is 6.52. The molecule has 0 spiro atoms. The van der Waals surface area contributed by atoms with Crippen LogP contribution >= 0.6 is 0 Å². The van der Waals surface area contributed by atoms with E-state index in [2.05, 4.69) is 0 Å². The summed E-state index contributed by atoms with van der Waals surface area (Å²) in [5.74, 6) is -2.55. The van der Waals surface area contributed by atoms with Gasteiger partial charge in [0, 0.05) is 25.0 Å². The number of hydrogen-bond donors (Lipinski definition) is 0. The van der Waals surface area contributed by atoms with E-state index in [9.17, 15) is 19.2 Å². The molecule has 0 N–H and O–H groups in total. The number of carbonyl (C=O) groups excluding carboxylic acids is 4. The van der Waals surface area contributed by atoms with Crippen molar-refractivity contribution in [2.75, 3.05) is 0 Å². The van der Waals surface area contributed by atoms with E-state index >= 15 is 0 Å². The maximum atomic E-state index is 13.3. The minimum Gasteiger partial charge on any atom is -0.437 e. The third kappa shape index (κ3) is 3.01. The first-order valence-corrected chi connectivity index (χ1v) is 8.83. The molecule has 6 nitrogen and oxygen atoms in total. The first kappa shape index (κ1) is 18.8. The Morgan fingerprint density at radius 1 is 1.00 bits per heavy atom. The van der Waals surface area contributed by atoms with E-state index in [0.29, 0.717) is 19.3 Å². The van der Waals surface area contributed by atoms with Gasteiger partial charge in [-0.2, -0.15) is 0 Å². The maximum Gasteiger partial charge on any atom is 0.308 e. The zero-order valence-corrected chi connectivity index (χ0v) is 15.5.